The van der Waals surface area contributed by atoms with Crippen molar-refractivity contribution in [3.05, 3.63) is 23.3 Å². The van der Waals surface area contributed by atoms with Crippen LogP contribution in [0.15, 0.2) is 12.1 Å². The minimum atomic E-state index is 0.128. The van der Waals surface area contributed by atoms with Crippen LogP contribution in [0.5, 0.6) is 0 Å². The number of hydrogen-bond donors (Lipinski definition) is 1. The Hall–Kier alpha value is -1.07. The number of benzene rings is 1. The molecule has 1 aromatic heterocycles. The molecule has 1 fully saturated rings. The molecular weight excluding hydrogens is 264 g/mol. The molecular formula is C13H14N2OS2. The molecule has 1 aliphatic rings. The molecule has 0 bridgehead atoms. The van der Waals surface area contributed by atoms with Crippen molar-refractivity contribution in [3.63, 3.8) is 0 Å². The number of anilines is 1. The third-order valence-corrected chi connectivity index (χ3v) is 4.80. The molecule has 0 saturated carbocycles. The number of aryl methyl sites for hydroxylation is 2. The van der Waals surface area contributed by atoms with Crippen LogP contribution in [-0.4, -0.2) is 22.7 Å². The topological polar surface area (TPSA) is 33.2 Å². The molecule has 94 valence electrons. The molecule has 1 unspecified atom stereocenters. The van der Waals surface area contributed by atoms with Gasteiger partial charge in [-0.2, -0.15) is 12.6 Å². The third-order valence-electron chi connectivity index (χ3n) is 3.41. The predicted octanol–water partition coefficient (Wildman–Crippen LogP) is 2.95. The molecule has 1 amide bonds. The quantitative estimate of drug-likeness (QED) is 0.814. The van der Waals surface area contributed by atoms with E-state index in [0.717, 1.165) is 15.3 Å². The Morgan fingerprint density at radius 2 is 2.22 bits per heavy atom. The highest BCUT2D eigenvalue weighted by Crippen LogP contribution is 2.34. The van der Waals surface area contributed by atoms with Gasteiger partial charge in [0.15, 0.2) is 5.13 Å². The zero-order chi connectivity index (χ0) is 12.9. The monoisotopic (exact) mass is 278 g/mol. The van der Waals surface area contributed by atoms with Gasteiger partial charge in [0.05, 0.1) is 10.2 Å². The second kappa shape index (κ2) is 4.24. The van der Waals surface area contributed by atoms with Gasteiger partial charge in [0.1, 0.15) is 0 Å². The van der Waals surface area contributed by atoms with E-state index in [0.29, 0.717) is 13.0 Å². The number of thiazole rings is 1. The molecule has 18 heavy (non-hydrogen) atoms. The summed E-state index contributed by atoms with van der Waals surface area (Å²) in [6.45, 7) is 4.83. The van der Waals surface area contributed by atoms with Crippen LogP contribution in [0.4, 0.5) is 5.13 Å². The summed E-state index contributed by atoms with van der Waals surface area (Å²) >= 11 is 5.96. The molecule has 0 N–H and O–H groups in total. The number of carbonyl (C=O) groups is 1. The van der Waals surface area contributed by atoms with Gasteiger partial charge >= 0.3 is 0 Å². The van der Waals surface area contributed by atoms with Gasteiger partial charge in [-0.1, -0.05) is 17.4 Å². The zero-order valence-corrected chi connectivity index (χ0v) is 12.0. The smallest absolute Gasteiger partial charge is 0.229 e. The second-order valence-corrected chi connectivity index (χ2v) is 6.45. The Kier molecular flexibility index (Phi) is 2.83. The van der Waals surface area contributed by atoms with Crippen molar-refractivity contribution in [2.24, 2.45) is 0 Å². The summed E-state index contributed by atoms with van der Waals surface area (Å²) in [5, 5.41) is 0.938. The first-order chi connectivity index (χ1) is 8.56. The van der Waals surface area contributed by atoms with E-state index < -0.39 is 0 Å². The largest absolute Gasteiger partial charge is 0.287 e. The number of amides is 1. The minimum Gasteiger partial charge on any atom is -0.287 e. The van der Waals surface area contributed by atoms with Crippen LogP contribution in [0.25, 0.3) is 10.2 Å². The number of rotatable bonds is 1. The van der Waals surface area contributed by atoms with Crippen LogP contribution in [0.2, 0.25) is 0 Å². The van der Waals surface area contributed by atoms with Crippen LogP contribution in [0, 0.1) is 13.8 Å². The zero-order valence-electron chi connectivity index (χ0n) is 10.3. The molecule has 0 spiro atoms. The van der Waals surface area contributed by atoms with Gasteiger partial charge in [-0.15, -0.1) is 0 Å². The Bertz CT molecular complexity index is 635. The van der Waals surface area contributed by atoms with Gasteiger partial charge in [-0.05, 0) is 31.0 Å². The first-order valence-electron chi connectivity index (χ1n) is 5.91. The van der Waals surface area contributed by atoms with Crippen LogP contribution >= 0.6 is 24.0 Å². The Morgan fingerprint density at radius 3 is 2.89 bits per heavy atom. The fourth-order valence-electron chi connectivity index (χ4n) is 2.20. The Labute approximate surface area is 115 Å². The highest BCUT2D eigenvalue weighted by atomic mass is 32.1. The summed E-state index contributed by atoms with van der Waals surface area (Å²) in [5.41, 5.74) is 3.45. The summed E-state index contributed by atoms with van der Waals surface area (Å²) in [7, 11) is 0. The van der Waals surface area contributed by atoms with Gasteiger partial charge in [0.2, 0.25) is 5.91 Å². The summed E-state index contributed by atoms with van der Waals surface area (Å²) in [6, 6.07) is 4.18. The standard InChI is InChI=1S/C13H14N2OS2/c1-7-3-4-10-12(8(7)2)14-13(18-10)15-6-9(17)5-11(15)16/h3-4,9,17H,5-6H2,1-2H3. The molecule has 5 heteroatoms. The Morgan fingerprint density at radius 1 is 1.44 bits per heavy atom. The molecule has 3 rings (SSSR count). The normalized spacial score (nSPS) is 20.1. The van der Waals surface area contributed by atoms with E-state index in [4.69, 9.17) is 0 Å². The van der Waals surface area contributed by atoms with Crippen molar-refractivity contribution in [1.29, 1.82) is 0 Å². The fraction of sp³-hybridized carbons (Fsp3) is 0.385. The second-order valence-electron chi connectivity index (χ2n) is 4.71. The summed E-state index contributed by atoms with van der Waals surface area (Å²) in [4.78, 5) is 18.2. The van der Waals surface area contributed by atoms with Crippen molar-refractivity contribution in [2.75, 3.05) is 11.4 Å². The molecule has 0 radical (unpaired) electrons. The SMILES string of the molecule is Cc1ccc2sc(N3CC(S)CC3=O)nc2c1C. The number of carbonyl (C=O) groups excluding carboxylic acids is 1. The summed E-state index contributed by atoms with van der Waals surface area (Å²) in [6.07, 6.45) is 0.511. The maximum atomic E-state index is 11.9. The first-order valence-corrected chi connectivity index (χ1v) is 7.24. The van der Waals surface area contributed by atoms with E-state index in [1.807, 2.05) is 0 Å². The van der Waals surface area contributed by atoms with Gasteiger partial charge in [-0.25, -0.2) is 4.98 Å². The van der Waals surface area contributed by atoms with Crippen molar-refractivity contribution < 1.29 is 4.79 Å². The number of nitrogens with zero attached hydrogens (tertiary/aromatic N) is 2. The van der Waals surface area contributed by atoms with Crippen molar-refractivity contribution >= 4 is 45.2 Å². The van der Waals surface area contributed by atoms with E-state index in [2.05, 4.69) is 43.6 Å². The van der Waals surface area contributed by atoms with E-state index in [1.165, 1.54) is 11.1 Å². The fourth-order valence-corrected chi connectivity index (χ4v) is 3.57. The van der Waals surface area contributed by atoms with Crippen LogP contribution < -0.4 is 4.90 Å². The molecule has 1 saturated heterocycles. The third kappa shape index (κ3) is 1.82. The summed E-state index contributed by atoms with van der Waals surface area (Å²) < 4.78 is 1.14. The number of hydrogen-bond acceptors (Lipinski definition) is 4. The maximum absolute atomic E-state index is 11.9. The van der Waals surface area contributed by atoms with Gasteiger partial charge < -0.3 is 0 Å². The van der Waals surface area contributed by atoms with E-state index >= 15 is 0 Å². The molecule has 1 aliphatic heterocycles. The number of fused-ring (bicyclic) bond motifs is 1. The lowest BCUT2D eigenvalue weighted by Crippen LogP contribution is -2.24. The highest BCUT2D eigenvalue weighted by molar-refractivity contribution is 7.81. The van der Waals surface area contributed by atoms with Gasteiger partial charge in [0, 0.05) is 18.2 Å². The van der Waals surface area contributed by atoms with E-state index in [1.54, 1.807) is 16.2 Å². The number of thiol groups is 1. The van der Waals surface area contributed by atoms with E-state index in [9.17, 15) is 4.79 Å². The van der Waals surface area contributed by atoms with Crippen LogP contribution in [0.1, 0.15) is 17.5 Å². The molecule has 1 atom stereocenters. The predicted molar refractivity (Wildman–Crippen MR) is 78.8 cm³/mol. The average Bonchev–Trinajstić information content (AvgIpc) is 2.87. The molecule has 3 nitrogen and oxygen atoms in total. The molecule has 0 aliphatic carbocycles. The van der Waals surface area contributed by atoms with Crippen molar-refractivity contribution in [3.8, 4) is 0 Å². The van der Waals surface area contributed by atoms with Crippen LogP contribution in [0.3, 0.4) is 0 Å². The number of aromatic nitrogens is 1. The average molecular weight is 278 g/mol. The summed E-state index contributed by atoms with van der Waals surface area (Å²) in [5.74, 6) is 0.128. The molecule has 2 heterocycles. The lowest BCUT2D eigenvalue weighted by atomic mass is 10.1. The lowest BCUT2D eigenvalue weighted by Gasteiger charge is -2.10. The highest BCUT2D eigenvalue weighted by Gasteiger charge is 2.30. The van der Waals surface area contributed by atoms with E-state index in [-0.39, 0.29) is 11.2 Å². The van der Waals surface area contributed by atoms with Crippen LogP contribution in [-0.2, 0) is 4.79 Å². The van der Waals surface area contributed by atoms with Gasteiger partial charge in [-0.3, -0.25) is 9.69 Å². The van der Waals surface area contributed by atoms with Crippen molar-refractivity contribution in [1.82, 2.24) is 4.98 Å². The van der Waals surface area contributed by atoms with Gasteiger partial charge in [0.25, 0.3) is 0 Å². The lowest BCUT2D eigenvalue weighted by molar-refractivity contribution is -0.117. The maximum Gasteiger partial charge on any atom is 0.229 e. The molecule has 2 aromatic rings. The molecule has 1 aromatic carbocycles. The Balaban J connectivity index is 2.09. The first kappa shape index (κ1) is 12.0. The van der Waals surface area contributed by atoms with Crippen molar-refractivity contribution in [2.45, 2.75) is 25.5 Å². The minimum absolute atomic E-state index is 0.128.